The zero-order valence-electron chi connectivity index (χ0n) is 18.9. The Morgan fingerprint density at radius 3 is 2.65 bits per heavy atom. The molecule has 0 spiro atoms. The number of hydrogen-bond acceptors (Lipinski definition) is 7. The van der Waals surface area contributed by atoms with Gasteiger partial charge in [0, 0.05) is 24.0 Å². The van der Waals surface area contributed by atoms with Crippen LogP contribution in [-0.2, 0) is 4.79 Å². The average Bonchev–Trinajstić information content (AvgIpc) is 3.21. The number of aliphatic imine (C=N–C) groups is 1. The Hall–Kier alpha value is -3.56. The number of nitrogens with zero attached hydrogens (tertiary/aromatic N) is 3. The summed E-state index contributed by atoms with van der Waals surface area (Å²) in [6.07, 6.45) is 1.60. The number of aromatic nitrogens is 1. The lowest BCUT2D eigenvalue weighted by atomic mass is 10.1. The van der Waals surface area contributed by atoms with Crippen LogP contribution >= 0.6 is 23.1 Å². The fourth-order valence-electron chi connectivity index (χ4n) is 3.58. The molecule has 3 aromatic carbocycles. The van der Waals surface area contributed by atoms with Crippen LogP contribution in [0.25, 0.3) is 10.2 Å². The molecule has 0 bridgehead atoms. The van der Waals surface area contributed by atoms with E-state index in [1.54, 1.807) is 18.3 Å². The minimum Gasteiger partial charge on any atom is -0.325 e. The number of hydrogen-bond donors (Lipinski definition) is 1. The lowest BCUT2D eigenvalue weighted by Gasteiger charge is -2.12. The summed E-state index contributed by atoms with van der Waals surface area (Å²) in [7, 11) is 0. The molecule has 1 N–H and O–H groups in total. The van der Waals surface area contributed by atoms with E-state index in [2.05, 4.69) is 27.4 Å². The van der Waals surface area contributed by atoms with Crippen molar-refractivity contribution in [3.63, 3.8) is 0 Å². The van der Waals surface area contributed by atoms with E-state index in [0.29, 0.717) is 5.56 Å². The zero-order chi connectivity index (χ0) is 24.2. The summed E-state index contributed by atoms with van der Waals surface area (Å²) in [6, 6.07) is 16.1. The minimum absolute atomic E-state index is 0.0280. The van der Waals surface area contributed by atoms with Crippen LogP contribution in [0.1, 0.15) is 22.3 Å². The molecule has 0 aliphatic carbocycles. The third-order valence-corrected chi connectivity index (χ3v) is 7.23. The quantitative estimate of drug-likeness (QED) is 0.136. The van der Waals surface area contributed by atoms with E-state index in [4.69, 9.17) is 0 Å². The van der Waals surface area contributed by atoms with Gasteiger partial charge in [-0.3, -0.25) is 19.9 Å². The first kappa shape index (κ1) is 23.6. The summed E-state index contributed by atoms with van der Waals surface area (Å²) < 4.78 is 1.77. The van der Waals surface area contributed by atoms with Crippen molar-refractivity contribution >= 4 is 62.5 Å². The number of aryl methyl sites for hydroxylation is 3. The topological polar surface area (TPSA) is 97.5 Å². The Bertz CT molecular complexity index is 1410. The zero-order valence-corrected chi connectivity index (χ0v) is 20.5. The van der Waals surface area contributed by atoms with Gasteiger partial charge in [0.05, 0.1) is 26.6 Å². The first-order valence-electron chi connectivity index (χ1n) is 10.5. The van der Waals surface area contributed by atoms with Crippen molar-refractivity contribution in [1.29, 1.82) is 0 Å². The van der Waals surface area contributed by atoms with Gasteiger partial charge in [-0.25, -0.2) is 4.98 Å². The Morgan fingerprint density at radius 2 is 1.91 bits per heavy atom. The summed E-state index contributed by atoms with van der Waals surface area (Å²) >= 11 is 2.91. The van der Waals surface area contributed by atoms with E-state index >= 15 is 0 Å². The number of thioether (sulfide) groups is 1. The molecule has 0 fully saturated rings. The number of amides is 1. The maximum Gasteiger partial charge on any atom is 0.270 e. The molecular weight excluding hydrogens is 468 g/mol. The predicted molar refractivity (Wildman–Crippen MR) is 140 cm³/mol. The van der Waals surface area contributed by atoms with Crippen LogP contribution in [0.5, 0.6) is 0 Å². The third kappa shape index (κ3) is 5.67. The largest absolute Gasteiger partial charge is 0.325 e. The number of carbonyl (C=O) groups excluding carboxylic acids is 1. The summed E-state index contributed by atoms with van der Waals surface area (Å²) in [5.74, 6) is 0.200. The molecule has 4 aromatic rings. The predicted octanol–water partition coefficient (Wildman–Crippen LogP) is 6.61. The Labute approximate surface area is 205 Å². The number of carbonyl (C=O) groups is 1. The second-order valence-electron chi connectivity index (χ2n) is 7.85. The molecule has 1 aromatic heterocycles. The number of thiazole rings is 1. The number of fused-ring (bicyclic) bond motifs is 1. The van der Waals surface area contributed by atoms with E-state index in [0.717, 1.165) is 37.1 Å². The highest BCUT2D eigenvalue weighted by molar-refractivity contribution is 8.01. The number of nitrogens with one attached hydrogen (secondary N) is 1. The van der Waals surface area contributed by atoms with Crippen molar-refractivity contribution < 1.29 is 9.72 Å². The SMILES string of the molecule is Cc1cc(C)c(NC(=O)CSc2nc3ccc(N=Cc4cccc([N+](=O)[O-])c4)cc3s2)c(C)c1. The number of rotatable bonds is 7. The molecule has 4 rings (SSSR count). The van der Waals surface area contributed by atoms with Crippen molar-refractivity contribution in [3.8, 4) is 0 Å². The van der Waals surface area contributed by atoms with Gasteiger partial charge in [0.25, 0.3) is 5.69 Å². The van der Waals surface area contributed by atoms with Crippen LogP contribution in [0.15, 0.2) is 63.9 Å². The van der Waals surface area contributed by atoms with Gasteiger partial charge in [-0.05, 0) is 55.7 Å². The summed E-state index contributed by atoms with van der Waals surface area (Å²) in [5.41, 5.74) is 6.38. The minimum atomic E-state index is -0.427. The molecule has 172 valence electrons. The molecule has 0 saturated carbocycles. The molecule has 0 saturated heterocycles. The highest BCUT2D eigenvalue weighted by atomic mass is 32.2. The number of anilines is 1. The van der Waals surface area contributed by atoms with Crippen LogP contribution in [0, 0.1) is 30.9 Å². The van der Waals surface area contributed by atoms with Crippen LogP contribution < -0.4 is 5.32 Å². The van der Waals surface area contributed by atoms with Crippen molar-refractivity contribution in [2.24, 2.45) is 4.99 Å². The highest BCUT2D eigenvalue weighted by Gasteiger charge is 2.11. The third-order valence-electron chi connectivity index (χ3n) is 5.06. The molecule has 9 heteroatoms. The standard InChI is InChI=1S/C25H22N4O3S2/c1-15-9-16(2)24(17(3)10-15)28-23(30)14-33-25-27-21-8-7-19(12-22(21)34-25)26-13-18-5-4-6-20(11-18)29(31)32/h4-13H,14H2,1-3H3,(H,28,30). The molecule has 0 aliphatic rings. The Morgan fingerprint density at radius 1 is 1.15 bits per heavy atom. The van der Waals surface area contributed by atoms with Gasteiger partial charge in [-0.2, -0.15) is 0 Å². The van der Waals surface area contributed by atoms with Crippen molar-refractivity contribution in [3.05, 3.63) is 87.0 Å². The smallest absolute Gasteiger partial charge is 0.270 e. The van der Waals surface area contributed by atoms with Gasteiger partial charge >= 0.3 is 0 Å². The first-order valence-corrected chi connectivity index (χ1v) is 12.3. The molecule has 1 amide bonds. The number of non-ortho nitro benzene ring substituents is 1. The summed E-state index contributed by atoms with van der Waals surface area (Å²) in [5, 5.41) is 14.0. The van der Waals surface area contributed by atoms with Crippen LogP contribution in [0.4, 0.5) is 17.1 Å². The molecular formula is C25H22N4O3S2. The number of nitro benzene ring substituents is 1. The van der Waals surface area contributed by atoms with Crippen molar-refractivity contribution in [2.75, 3.05) is 11.1 Å². The van der Waals surface area contributed by atoms with E-state index in [1.165, 1.54) is 40.8 Å². The van der Waals surface area contributed by atoms with Gasteiger partial charge in [0.15, 0.2) is 4.34 Å². The van der Waals surface area contributed by atoms with Gasteiger partial charge in [0.2, 0.25) is 5.91 Å². The monoisotopic (exact) mass is 490 g/mol. The van der Waals surface area contributed by atoms with E-state index in [1.807, 2.05) is 39.0 Å². The maximum atomic E-state index is 12.5. The van der Waals surface area contributed by atoms with Crippen molar-refractivity contribution in [1.82, 2.24) is 4.98 Å². The molecule has 1 heterocycles. The summed E-state index contributed by atoms with van der Waals surface area (Å²) in [4.78, 5) is 32.1. The van der Waals surface area contributed by atoms with Crippen LogP contribution in [0.2, 0.25) is 0 Å². The lowest BCUT2D eigenvalue weighted by molar-refractivity contribution is -0.384. The van der Waals surface area contributed by atoms with Gasteiger partial charge in [-0.15, -0.1) is 11.3 Å². The van der Waals surface area contributed by atoms with Gasteiger partial charge < -0.3 is 5.32 Å². The summed E-state index contributed by atoms with van der Waals surface area (Å²) in [6.45, 7) is 6.03. The molecule has 0 radical (unpaired) electrons. The van der Waals surface area contributed by atoms with E-state index in [9.17, 15) is 14.9 Å². The Balaban J connectivity index is 1.42. The Kier molecular flexibility index (Phi) is 7.04. The first-order chi connectivity index (χ1) is 16.3. The molecule has 0 unspecified atom stereocenters. The van der Waals surface area contributed by atoms with E-state index in [-0.39, 0.29) is 17.3 Å². The van der Waals surface area contributed by atoms with Crippen LogP contribution in [0.3, 0.4) is 0 Å². The highest BCUT2D eigenvalue weighted by Crippen LogP contribution is 2.32. The van der Waals surface area contributed by atoms with Gasteiger partial charge in [-0.1, -0.05) is 41.6 Å². The molecule has 0 aliphatic heterocycles. The van der Waals surface area contributed by atoms with Crippen LogP contribution in [-0.4, -0.2) is 27.8 Å². The number of nitro groups is 1. The normalized spacial score (nSPS) is 11.3. The van der Waals surface area contributed by atoms with Crippen molar-refractivity contribution in [2.45, 2.75) is 25.1 Å². The fourth-order valence-corrected chi connectivity index (χ4v) is 5.48. The molecule has 7 nitrogen and oxygen atoms in total. The lowest BCUT2D eigenvalue weighted by Crippen LogP contribution is -2.15. The van der Waals surface area contributed by atoms with Gasteiger partial charge in [0.1, 0.15) is 0 Å². The van der Waals surface area contributed by atoms with E-state index < -0.39 is 4.92 Å². The second kappa shape index (κ2) is 10.1. The maximum absolute atomic E-state index is 12.5. The average molecular weight is 491 g/mol. The number of benzene rings is 3. The molecule has 0 atom stereocenters. The molecule has 34 heavy (non-hydrogen) atoms. The second-order valence-corrected chi connectivity index (χ2v) is 10.1. The fraction of sp³-hybridized carbons (Fsp3) is 0.160.